The Morgan fingerprint density at radius 3 is 3.00 bits per heavy atom. The van der Waals surface area contributed by atoms with Crippen LogP contribution in [-0.2, 0) is 4.74 Å². The van der Waals surface area contributed by atoms with Gasteiger partial charge < -0.3 is 9.94 Å². The number of esters is 1. The van der Waals surface area contributed by atoms with Gasteiger partial charge in [0.05, 0.1) is 6.54 Å². The molecule has 25 heavy (non-hydrogen) atoms. The van der Waals surface area contributed by atoms with E-state index >= 15 is 0 Å². The Kier molecular flexibility index (Phi) is 5.64. The van der Waals surface area contributed by atoms with Crippen LogP contribution in [0.2, 0.25) is 0 Å². The van der Waals surface area contributed by atoms with Crippen molar-refractivity contribution in [2.24, 2.45) is 0 Å². The molecule has 0 bridgehead atoms. The number of aromatic nitrogens is 3. The van der Waals surface area contributed by atoms with Crippen molar-refractivity contribution in [1.82, 2.24) is 24.7 Å². The van der Waals surface area contributed by atoms with Gasteiger partial charge in [-0.3, -0.25) is 4.65 Å². The number of carbonyl (C=O) groups is 1. The van der Waals surface area contributed by atoms with Gasteiger partial charge in [-0.1, -0.05) is 29.9 Å². The highest BCUT2D eigenvalue weighted by Gasteiger charge is 2.46. The third kappa shape index (κ3) is 3.82. The molecule has 0 radical (unpaired) electrons. The summed E-state index contributed by atoms with van der Waals surface area (Å²) >= 11 is 2.68. The fourth-order valence-electron chi connectivity index (χ4n) is 2.69. The van der Waals surface area contributed by atoms with Crippen LogP contribution in [-0.4, -0.2) is 58.3 Å². The standard InChI is InChI=1S/C15H19N5O3S2/c1-3-8-19-9-12(23-13(21)11-6-4-5-7-16-11)20(22,10-19)14-17-18-15(24-2)25-14/h4-7,12H,3,8-10H2,1-2H3. The van der Waals surface area contributed by atoms with Gasteiger partial charge in [0, 0.05) is 12.7 Å². The molecule has 8 nitrogen and oxygen atoms in total. The Labute approximate surface area is 154 Å². The summed E-state index contributed by atoms with van der Waals surface area (Å²) in [7, 11) is 0. The predicted octanol–water partition coefficient (Wildman–Crippen LogP) is 2.33. The first-order valence-electron chi connectivity index (χ1n) is 7.88. The molecule has 1 aliphatic rings. The third-order valence-corrected chi connectivity index (χ3v) is 5.85. The first-order valence-corrected chi connectivity index (χ1v) is 9.92. The summed E-state index contributed by atoms with van der Waals surface area (Å²) in [6.45, 7) is 3.36. The van der Waals surface area contributed by atoms with E-state index in [-0.39, 0.29) is 12.4 Å². The fourth-order valence-corrected chi connectivity index (χ4v) is 4.02. The van der Waals surface area contributed by atoms with Gasteiger partial charge in [-0.05, 0) is 36.1 Å². The van der Waals surface area contributed by atoms with E-state index in [1.165, 1.54) is 29.3 Å². The summed E-state index contributed by atoms with van der Waals surface area (Å²) in [6, 6.07) is 4.99. The zero-order valence-corrected chi connectivity index (χ0v) is 15.6. The number of quaternary nitrogens is 1. The van der Waals surface area contributed by atoms with Crippen molar-refractivity contribution in [1.29, 1.82) is 0 Å². The van der Waals surface area contributed by atoms with E-state index in [9.17, 15) is 10.0 Å². The van der Waals surface area contributed by atoms with Crippen LogP contribution in [0.15, 0.2) is 28.7 Å². The molecule has 0 saturated carbocycles. The van der Waals surface area contributed by atoms with Crippen LogP contribution in [0.1, 0.15) is 23.8 Å². The molecule has 2 aromatic heterocycles. The van der Waals surface area contributed by atoms with E-state index in [2.05, 4.69) is 15.2 Å². The van der Waals surface area contributed by atoms with E-state index in [4.69, 9.17) is 4.74 Å². The Hall–Kier alpha value is -1.59. The Morgan fingerprint density at radius 1 is 1.52 bits per heavy atom. The Morgan fingerprint density at radius 2 is 2.36 bits per heavy atom. The maximum atomic E-state index is 13.5. The second-order valence-corrected chi connectivity index (χ2v) is 7.65. The van der Waals surface area contributed by atoms with Gasteiger partial charge in [0.25, 0.3) is 6.23 Å². The van der Waals surface area contributed by atoms with E-state index < -0.39 is 16.8 Å². The zero-order valence-electron chi connectivity index (χ0n) is 14.0. The van der Waals surface area contributed by atoms with Crippen molar-refractivity contribution in [2.75, 3.05) is 26.0 Å². The molecule has 0 aliphatic carbocycles. The number of hydroxylamine groups is 2. The van der Waals surface area contributed by atoms with Crippen molar-refractivity contribution in [3.63, 3.8) is 0 Å². The molecule has 0 aromatic carbocycles. The minimum absolute atomic E-state index is 0.185. The van der Waals surface area contributed by atoms with Gasteiger partial charge in [0.2, 0.25) is 0 Å². The molecule has 2 unspecified atom stereocenters. The molecule has 2 atom stereocenters. The van der Waals surface area contributed by atoms with E-state index in [0.29, 0.717) is 16.0 Å². The van der Waals surface area contributed by atoms with E-state index in [0.717, 1.165) is 13.0 Å². The van der Waals surface area contributed by atoms with Crippen LogP contribution in [0.5, 0.6) is 0 Å². The van der Waals surface area contributed by atoms with Crippen molar-refractivity contribution >= 4 is 34.2 Å². The summed E-state index contributed by atoms with van der Waals surface area (Å²) in [4.78, 5) is 18.3. The predicted molar refractivity (Wildman–Crippen MR) is 97.0 cm³/mol. The summed E-state index contributed by atoms with van der Waals surface area (Å²) in [5.74, 6) is -0.600. The van der Waals surface area contributed by atoms with Gasteiger partial charge in [0.15, 0.2) is 4.34 Å². The average molecular weight is 381 g/mol. The smallest absolute Gasteiger partial charge is 0.361 e. The fraction of sp³-hybridized carbons (Fsp3) is 0.467. The lowest BCUT2D eigenvalue weighted by atomic mass is 10.3. The normalized spacial score (nSPS) is 23.7. The lowest BCUT2D eigenvalue weighted by Crippen LogP contribution is -2.51. The molecule has 0 spiro atoms. The minimum Gasteiger partial charge on any atom is -0.622 e. The maximum absolute atomic E-state index is 13.5. The maximum Gasteiger partial charge on any atom is 0.361 e. The highest BCUT2D eigenvalue weighted by atomic mass is 32.2. The summed E-state index contributed by atoms with van der Waals surface area (Å²) < 4.78 is 5.43. The van der Waals surface area contributed by atoms with Crippen LogP contribution in [0.4, 0.5) is 5.13 Å². The van der Waals surface area contributed by atoms with Crippen LogP contribution >= 0.6 is 23.1 Å². The molecule has 1 fully saturated rings. The van der Waals surface area contributed by atoms with Crippen molar-refractivity contribution in [3.8, 4) is 0 Å². The topological polar surface area (TPSA) is 91.3 Å². The number of nitrogens with zero attached hydrogens (tertiary/aromatic N) is 5. The van der Waals surface area contributed by atoms with Crippen LogP contribution in [0, 0.1) is 5.21 Å². The lowest BCUT2D eigenvalue weighted by molar-refractivity contribution is 0.00489. The van der Waals surface area contributed by atoms with E-state index in [1.807, 2.05) is 18.1 Å². The lowest BCUT2D eigenvalue weighted by Gasteiger charge is -2.38. The highest BCUT2D eigenvalue weighted by Crippen LogP contribution is 2.36. The number of thioether (sulfide) groups is 1. The number of rotatable bonds is 6. The van der Waals surface area contributed by atoms with Crippen molar-refractivity contribution in [2.45, 2.75) is 23.9 Å². The number of hydrogen-bond donors (Lipinski definition) is 0. The molecular formula is C15H19N5O3S2. The first-order chi connectivity index (χ1) is 12.1. The van der Waals surface area contributed by atoms with Gasteiger partial charge >= 0.3 is 11.1 Å². The Balaban J connectivity index is 1.84. The number of hydrogen-bond acceptors (Lipinski definition) is 9. The largest absolute Gasteiger partial charge is 0.622 e. The molecule has 1 aliphatic heterocycles. The molecule has 3 rings (SSSR count). The molecule has 1 saturated heterocycles. The minimum atomic E-state index is -0.885. The van der Waals surface area contributed by atoms with Crippen molar-refractivity contribution in [3.05, 3.63) is 35.3 Å². The summed E-state index contributed by atoms with van der Waals surface area (Å²) in [5.41, 5.74) is 0.185. The molecule has 2 aromatic rings. The third-order valence-electron chi connectivity index (χ3n) is 3.84. The monoisotopic (exact) mass is 381 g/mol. The highest BCUT2D eigenvalue weighted by molar-refractivity contribution is 8.00. The Bertz CT molecular complexity index is 729. The SMILES string of the molecule is CCCN1CC(OC(=O)c2ccccn2)[N+]([O-])(c2nnc(SC)s2)C1. The summed E-state index contributed by atoms with van der Waals surface area (Å²) in [6.07, 6.45) is 3.42. The van der Waals surface area contributed by atoms with E-state index in [1.54, 1.807) is 18.2 Å². The summed E-state index contributed by atoms with van der Waals surface area (Å²) in [5, 5.41) is 21.9. The quantitative estimate of drug-likeness (QED) is 0.326. The molecule has 0 amide bonds. The van der Waals surface area contributed by atoms with Crippen LogP contribution < -0.4 is 4.65 Å². The molecule has 3 heterocycles. The first kappa shape index (κ1) is 18.2. The molecule has 0 N–H and O–H groups in total. The van der Waals surface area contributed by atoms with Crippen LogP contribution in [0.3, 0.4) is 0 Å². The van der Waals surface area contributed by atoms with Crippen molar-refractivity contribution < 1.29 is 9.53 Å². The molecular weight excluding hydrogens is 362 g/mol. The van der Waals surface area contributed by atoms with Gasteiger partial charge in [-0.25, -0.2) is 14.7 Å². The molecule has 134 valence electrons. The number of ether oxygens (including phenoxy) is 1. The average Bonchev–Trinajstić information content (AvgIpc) is 3.22. The van der Waals surface area contributed by atoms with Crippen LogP contribution in [0.25, 0.3) is 0 Å². The second-order valence-electron chi connectivity index (χ2n) is 5.64. The number of carbonyl (C=O) groups excluding carboxylic acids is 1. The zero-order chi connectivity index (χ0) is 17.9. The molecule has 10 heteroatoms. The van der Waals surface area contributed by atoms with Gasteiger partial charge in [0.1, 0.15) is 12.4 Å². The van der Waals surface area contributed by atoms with Gasteiger partial charge in [-0.15, -0.1) is 5.10 Å². The van der Waals surface area contributed by atoms with Gasteiger partial charge in [-0.2, -0.15) is 0 Å². The second kappa shape index (κ2) is 7.75. The number of pyridine rings is 1.